The first kappa shape index (κ1) is 27.4. The molecule has 0 radical (unpaired) electrons. The first-order chi connectivity index (χ1) is 19.6. The number of halogens is 2. The number of amides is 2. The average Bonchev–Trinajstić information content (AvgIpc) is 3.28. The molecule has 0 saturated carbocycles. The highest BCUT2D eigenvalue weighted by molar-refractivity contribution is 7.92. The Kier molecular flexibility index (Phi) is 7.44. The summed E-state index contributed by atoms with van der Waals surface area (Å²) in [4.78, 5) is 24.7. The molecule has 0 saturated heterocycles. The summed E-state index contributed by atoms with van der Waals surface area (Å²) in [6, 6.07) is 24.4. The summed E-state index contributed by atoms with van der Waals surface area (Å²) in [5.41, 5.74) is 0.243. The molecule has 1 aliphatic heterocycles. The summed E-state index contributed by atoms with van der Waals surface area (Å²) >= 11 is 0. The van der Waals surface area contributed by atoms with Gasteiger partial charge in [-0.1, -0.05) is 36.4 Å². The number of alkyl halides is 2. The summed E-state index contributed by atoms with van der Waals surface area (Å²) in [6.45, 7) is -0.500. The maximum Gasteiger partial charge on any atom is 0.586 e. The lowest BCUT2D eigenvalue weighted by Crippen LogP contribution is -2.33. The van der Waals surface area contributed by atoms with Gasteiger partial charge in [-0.15, -0.1) is 8.78 Å². The van der Waals surface area contributed by atoms with E-state index in [9.17, 15) is 26.8 Å². The van der Waals surface area contributed by atoms with Crippen molar-refractivity contribution in [2.24, 2.45) is 0 Å². The molecule has 5 rings (SSSR count). The smallest absolute Gasteiger partial charge is 0.455 e. The van der Waals surface area contributed by atoms with Crippen molar-refractivity contribution in [2.75, 3.05) is 16.6 Å². The zero-order chi connectivity index (χ0) is 29.0. The molecule has 4 aromatic carbocycles. The first-order valence-electron chi connectivity index (χ1n) is 12.0. The monoisotopic (exact) mass is 581 g/mol. The molecule has 0 unspecified atom stereocenters. The predicted octanol–water partition coefficient (Wildman–Crippen LogP) is 4.97. The largest absolute Gasteiger partial charge is 0.586 e. The van der Waals surface area contributed by atoms with Crippen LogP contribution in [0.25, 0.3) is 0 Å². The molecule has 0 atom stereocenters. The van der Waals surface area contributed by atoms with E-state index in [1.165, 1.54) is 42.5 Å². The van der Waals surface area contributed by atoms with Gasteiger partial charge in [0, 0.05) is 5.56 Å². The third-order valence-corrected chi connectivity index (χ3v) is 7.02. The average molecular weight is 582 g/mol. The van der Waals surface area contributed by atoms with Gasteiger partial charge >= 0.3 is 6.29 Å². The van der Waals surface area contributed by atoms with Crippen molar-refractivity contribution in [3.05, 3.63) is 103 Å². The molecule has 1 aliphatic rings. The highest BCUT2D eigenvalue weighted by Gasteiger charge is 2.44. The maximum atomic E-state index is 13.3. The predicted molar refractivity (Wildman–Crippen MR) is 144 cm³/mol. The van der Waals surface area contributed by atoms with Crippen molar-refractivity contribution in [1.29, 1.82) is 0 Å². The number of nitrogens with one attached hydrogen (secondary N) is 3. The molecule has 0 bridgehead atoms. The molecule has 0 spiro atoms. The summed E-state index contributed by atoms with van der Waals surface area (Å²) in [6.07, 6.45) is -3.86. The van der Waals surface area contributed by atoms with Gasteiger partial charge in [-0.05, 0) is 60.7 Å². The number of rotatable bonds is 9. The molecule has 3 N–H and O–H groups in total. The van der Waals surface area contributed by atoms with Crippen molar-refractivity contribution in [2.45, 2.75) is 11.2 Å². The molecular weight excluding hydrogens is 560 g/mol. The van der Waals surface area contributed by atoms with Crippen molar-refractivity contribution in [1.82, 2.24) is 5.32 Å². The number of ether oxygens (including phenoxy) is 3. The molecule has 13 heteroatoms. The molecule has 0 aliphatic carbocycles. The third kappa shape index (κ3) is 6.53. The minimum Gasteiger partial charge on any atom is -0.455 e. The fraction of sp³-hybridized carbons (Fsp3) is 0.0714. The minimum absolute atomic E-state index is 0.0586. The van der Waals surface area contributed by atoms with E-state index < -0.39 is 34.7 Å². The van der Waals surface area contributed by atoms with Crippen LogP contribution >= 0.6 is 0 Å². The lowest BCUT2D eigenvalue weighted by molar-refractivity contribution is -0.286. The number of sulfonamides is 1. The molecule has 10 nitrogen and oxygen atoms in total. The van der Waals surface area contributed by atoms with Crippen molar-refractivity contribution in [3.63, 3.8) is 0 Å². The molecule has 0 fully saturated rings. The van der Waals surface area contributed by atoms with Crippen molar-refractivity contribution < 1.29 is 41.0 Å². The maximum absolute atomic E-state index is 13.3. The molecular formula is C28H21F2N3O7S. The summed E-state index contributed by atoms with van der Waals surface area (Å²) in [7, 11) is -4.05. The Hall–Kier alpha value is -5.17. The van der Waals surface area contributed by atoms with Gasteiger partial charge < -0.3 is 24.8 Å². The van der Waals surface area contributed by atoms with Crippen LogP contribution in [0.2, 0.25) is 0 Å². The minimum atomic E-state index is -4.05. The Labute approximate surface area is 232 Å². The van der Waals surface area contributed by atoms with Crippen LogP contribution < -0.4 is 29.6 Å². The third-order valence-electron chi connectivity index (χ3n) is 5.64. The molecule has 1 heterocycles. The standard InChI is InChI=1S/C28H21F2N3O7S/c29-28(30)39-24-12-6-10-22(26(24)40-28)32-25(34)17-31-27(35)18-13-15-20(16-14-18)41(36,37)33-21-9-4-5-11-23(21)38-19-7-2-1-3-8-19/h1-16,33H,17H2,(H,31,35)(H,32,34). The number of para-hydroxylation sites is 4. The van der Waals surface area contributed by atoms with Crippen LogP contribution in [0.3, 0.4) is 0 Å². The van der Waals surface area contributed by atoms with Gasteiger partial charge in [-0.25, -0.2) is 8.42 Å². The van der Waals surface area contributed by atoms with Crippen LogP contribution in [0.5, 0.6) is 23.0 Å². The molecule has 4 aromatic rings. The number of benzene rings is 4. The van der Waals surface area contributed by atoms with Gasteiger partial charge in [0.2, 0.25) is 5.91 Å². The van der Waals surface area contributed by atoms with Gasteiger partial charge in [0.05, 0.1) is 22.8 Å². The summed E-state index contributed by atoms with van der Waals surface area (Å²) in [5, 5.41) is 4.75. The second-order valence-electron chi connectivity index (χ2n) is 8.57. The number of carbonyl (C=O) groups is 2. The molecule has 0 aromatic heterocycles. The first-order valence-corrected chi connectivity index (χ1v) is 13.5. The van der Waals surface area contributed by atoms with Crippen LogP contribution in [-0.4, -0.2) is 33.1 Å². The van der Waals surface area contributed by atoms with Crippen molar-refractivity contribution in [3.8, 4) is 23.0 Å². The Balaban J connectivity index is 1.19. The van der Waals surface area contributed by atoms with Gasteiger partial charge in [0.15, 0.2) is 17.2 Å². The number of hydrogen-bond donors (Lipinski definition) is 3. The number of anilines is 2. The van der Waals surface area contributed by atoms with E-state index in [1.54, 1.807) is 48.5 Å². The molecule has 41 heavy (non-hydrogen) atoms. The Morgan fingerprint density at radius 2 is 1.49 bits per heavy atom. The highest BCUT2D eigenvalue weighted by Crippen LogP contribution is 2.45. The van der Waals surface area contributed by atoms with Gasteiger partial charge in [-0.2, -0.15) is 0 Å². The normalized spacial score (nSPS) is 13.2. The van der Waals surface area contributed by atoms with Crippen LogP contribution in [0.1, 0.15) is 10.4 Å². The summed E-state index contributed by atoms with van der Waals surface area (Å²) in [5.74, 6) is -1.14. The van der Waals surface area contributed by atoms with E-state index in [2.05, 4.69) is 24.8 Å². The van der Waals surface area contributed by atoms with E-state index in [0.717, 1.165) is 0 Å². The number of carbonyl (C=O) groups excluding carboxylic acids is 2. The Morgan fingerprint density at radius 3 is 2.24 bits per heavy atom. The van der Waals surface area contributed by atoms with Crippen LogP contribution in [0.15, 0.2) is 102 Å². The van der Waals surface area contributed by atoms with Crippen LogP contribution in [-0.2, 0) is 14.8 Å². The number of fused-ring (bicyclic) bond motifs is 1. The van der Waals surface area contributed by atoms with Crippen LogP contribution in [0.4, 0.5) is 20.2 Å². The van der Waals surface area contributed by atoms with Crippen LogP contribution in [0, 0.1) is 0 Å². The quantitative estimate of drug-likeness (QED) is 0.254. The SMILES string of the molecule is O=C(CNC(=O)c1ccc(S(=O)(=O)Nc2ccccc2Oc2ccccc2)cc1)Nc1cccc2c1OC(F)(F)O2. The Morgan fingerprint density at radius 1 is 0.805 bits per heavy atom. The van der Waals surface area contributed by atoms with E-state index in [1.807, 2.05) is 6.07 Å². The zero-order valence-corrected chi connectivity index (χ0v) is 21.8. The van der Waals surface area contributed by atoms with Gasteiger partial charge in [0.1, 0.15) is 5.75 Å². The lowest BCUT2D eigenvalue weighted by Gasteiger charge is -2.13. The second kappa shape index (κ2) is 11.1. The van der Waals surface area contributed by atoms with E-state index in [4.69, 9.17) is 4.74 Å². The zero-order valence-electron chi connectivity index (χ0n) is 21.0. The fourth-order valence-electron chi connectivity index (χ4n) is 3.77. The van der Waals surface area contributed by atoms with E-state index >= 15 is 0 Å². The fourth-order valence-corrected chi connectivity index (χ4v) is 4.84. The van der Waals surface area contributed by atoms with E-state index in [-0.39, 0.29) is 33.3 Å². The van der Waals surface area contributed by atoms with E-state index in [0.29, 0.717) is 11.5 Å². The topological polar surface area (TPSA) is 132 Å². The number of hydrogen-bond acceptors (Lipinski definition) is 7. The van der Waals surface area contributed by atoms with Gasteiger partial charge in [-0.3, -0.25) is 14.3 Å². The molecule has 2 amide bonds. The Bertz CT molecular complexity index is 1700. The van der Waals surface area contributed by atoms with Gasteiger partial charge in [0.25, 0.3) is 15.9 Å². The molecule has 210 valence electrons. The second-order valence-corrected chi connectivity index (χ2v) is 10.3. The summed E-state index contributed by atoms with van der Waals surface area (Å²) < 4.78 is 69.7. The lowest BCUT2D eigenvalue weighted by atomic mass is 10.2. The highest BCUT2D eigenvalue weighted by atomic mass is 32.2. The van der Waals surface area contributed by atoms with Crippen molar-refractivity contribution >= 4 is 33.2 Å².